The molecule has 0 fully saturated rings. The zero-order valence-electron chi connectivity index (χ0n) is 14.7. The van der Waals surface area contributed by atoms with Gasteiger partial charge in [0.25, 0.3) is 0 Å². The van der Waals surface area contributed by atoms with Crippen LogP contribution in [0.5, 0.6) is 0 Å². The first-order chi connectivity index (χ1) is 13.8. The molecule has 0 amide bonds. The van der Waals surface area contributed by atoms with Crippen LogP contribution in [0.2, 0.25) is 0 Å². The summed E-state index contributed by atoms with van der Waals surface area (Å²) < 4.78 is 70.8. The number of aromatic nitrogens is 1. The van der Waals surface area contributed by atoms with Gasteiger partial charge in [-0.05, 0) is 72.8 Å². The lowest BCUT2D eigenvalue weighted by Crippen LogP contribution is -2.03. The van der Waals surface area contributed by atoms with E-state index in [0.717, 1.165) is 12.1 Å². The Labute approximate surface area is 162 Å². The number of oxazole rings is 1. The molecule has 29 heavy (non-hydrogen) atoms. The highest BCUT2D eigenvalue weighted by Gasteiger charge is 2.30. The third kappa shape index (κ3) is 3.89. The van der Waals surface area contributed by atoms with E-state index >= 15 is 0 Å². The van der Waals surface area contributed by atoms with Gasteiger partial charge in [-0.1, -0.05) is 0 Å². The van der Waals surface area contributed by atoms with Crippen molar-refractivity contribution in [3.8, 4) is 34.0 Å². The lowest BCUT2D eigenvalue weighted by molar-refractivity contribution is -0.137. The minimum Gasteiger partial charge on any atom is -0.435 e. The fourth-order valence-electron chi connectivity index (χ4n) is 2.85. The van der Waals surface area contributed by atoms with Crippen molar-refractivity contribution in [3.05, 3.63) is 90.0 Å². The second-order valence-electron chi connectivity index (χ2n) is 6.29. The molecule has 0 atom stereocenters. The van der Waals surface area contributed by atoms with Crippen LogP contribution >= 0.6 is 0 Å². The van der Waals surface area contributed by atoms with Crippen LogP contribution in [0.4, 0.5) is 22.0 Å². The highest BCUT2D eigenvalue weighted by Crippen LogP contribution is 2.37. The van der Waals surface area contributed by atoms with Crippen molar-refractivity contribution in [1.29, 1.82) is 0 Å². The van der Waals surface area contributed by atoms with E-state index in [1.54, 1.807) is 0 Å². The van der Waals surface area contributed by atoms with E-state index in [-0.39, 0.29) is 5.89 Å². The first-order valence-electron chi connectivity index (χ1n) is 8.51. The quantitative estimate of drug-likeness (QED) is 0.347. The van der Waals surface area contributed by atoms with Crippen molar-refractivity contribution in [2.45, 2.75) is 6.18 Å². The summed E-state index contributed by atoms with van der Waals surface area (Å²) in [5.74, 6) is -0.466. The van der Waals surface area contributed by atoms with Gasteiger partial charge in [-0.25, -0.2) is 13.8 Å². The molecule has 4 rings (SSSR count). The van der Waals surface area contributed by atoms with Crippen molar-refractivity contribution < 1.29 is 26.4 Å². The standard InChI is InChI=1S/C22H12F5NO/c23-17-9-3-13(4-10-17)19-20(14-5-11-18(24)12-6-14)29-21(28-19)15-1-7-16(8-2-15)22(25,26)27/h1-12H. The Bertz CT molecular complexity index is 1070. The summed E-state index contributed by atoms with van der Waals surface area (Å²) in [5.41, 5.74) is 0.996. The zero-order chi connectivity index (χ0) is 20.6. The van der Waals surface area contributed by atoms with Gasteiger partial charge in [0, 0.05) is 16.7 Å². The maximum absolute atomic E-state index is 13.3. The van der Waals surface area contributed by atoms with Crippen LogP contribution in [-0.4, -0.2) is 4.98 Å². The third-order valence-corrected chi connectivity index (χ3v) is 4.31. The molecular formula is C22H12F5NO. The lowest BCUT2D eigenvalue weighted by atomic mass is 10.1. The molecule has 0 radical (unpaired) electrons. The molecule has 0 unspecified atom stereocenters. The van der Waals surface area contributed by atoms with Crippen molar-refractivity contribution in [3.63, 3.8) is 0 Å². The third-order valence-electron chi connectivity index (χ3n) is 4.31. The average Bonchev–Trinajstić information content (AvgIpc) is 3.14. The van der Waals surface area contributed by atoms with Gasteiger partial charge in [0.15, 0.2) is 5.76 Å². The van der Waals surface area contributed by atoms with Crippen LogP contribution in [0.25, 0.3) is 34.0 Å². The van der Waals surface area contributed by atoms with Gasteiger partial charge in [-0.3, -0.25) is 0 Å². The Morgan fingerprint density at radius 1 is 0.621 bits per heavy atom. The zero-order valence-corrected chi connectivity index (χ0v) is 14.7. The molecule has 0 N–H and O–H groups in total. The molecule has 2 nitrogen and oxygen atoms in total. The molecule has 0 saturated carbocycles. The topological polar surface area (TPSA) is 26.0 Å². The summed E-state index contributed by atoms with van der Waals surface area (Å²) in [7, 11) is 0. The fraction of sp³-hybridized carbons (Fsp3) is 0.0455. The molecule has 0 aliphatic carbocycles. The van der Waals surface area contributed by atoms with Crippen molar-refractivity contribution >= 4 is 0 Å². The Hall–Kier alpha value is -3.48. The van der Waals surface area contributed by atoms with Crippen LogP contribution in [0.3, 0.4) is 0 Å². The molecule has 0 aliphatic rings. The highest BCUT2D eigenvalue weighted by molar-refractivity contribution is 5.79. The maximum atomic E-state index is 13.3. The molecule has 4 aromatic rings. The van der Waals surface area contributed by atoms with E-state index in [2.05, 4.69) is 4.98 Å². The van der Waals surface area contributed by atoms with E-state index in [1.165, 1.54) is 60.7 Å². The van der Waals surface area contributed by atoms with Gasteiger partial charge < -0.3 is 4.42 Å². The first-order valence-corrected chi connectivity index (χ1v) is 8.51. The van der Waals surface area contributed by atoms with E-state index in [0.29, 0.717) is 28.1 Å². The molecule has 1 aromatic heterocycles. The molecule has 0 saturated heterocycles. The summed E-state index contributed by atoms with van der Waals surface area (Å²) in [4.78, 5) is 4.41. The minimum absolute atomic E-state index is 0.0948. The van der Waals surface area contributed by atoms with Crippen LogP contribution in [0, 0.1) is 11.6 Å². The van der Waals surface area contributed by atoms with Gasteiger partial charge in [0.1, 0.15) is 17.3 Å². The minimum atomic E-state index is -4.45. The van der Waals surface area contributed by atoms with Crippen molar-refractivity contribution in [1.82, 2.24) is 4.98 Å². The summed E-state index contributed by atoms with van der Waals surface area (Å²) >= 11 is 0. The summed E-state index contributed by atoms with van der Waals surface area (Å²) in [6.45, 7) is 0. The molecule has 3 aromatic carbocycles. The fourth-order valence-corrected chi connectivity index (χ4v) is 2.85. The molecule has 0 spiro atoms. The van der Waals surface area contributed by atoms with Gasteiger partial charge in [0.2, 0.25) is 5.89 Å². The predicted molar refractivity (Wildman–Crippen MR) is 97.7 cm³/mol. The summed E-state index contributed by atoms with van der Waals surface area (Å²) in [6.07, 6.45) is -4.45. The number of hydrogen-bond acceptors (Lipinski definition) is 2. The second-order valence-corrected chi connectivity index (χ2v) is 6.29. The smallest absolute Gasteiger partial charge is 0.416 e. The van der Waals surface area contributed by atoms with Crippen LogP contribution in [0.15, 0.2) is 77.2 Å². The Morgan fingerprint density at radius 2 is 1.10 bits per heavy atom. The van der Waals surface area contributed by atoms with Gasteiger partial charge >= 0.3 is 6.18 Å². The molecule has 146 valence electrons. The van der Waals surface area contributed by atoms with E-state index < -0.39 is 23.4 Å². The van der Waals surface area contributed by atoms with Gasteiger partial charge in [-0.15, -0.1) is 0 Å². The Kier molecular flexibility index (Phi) is 4.66. The van der Waals surface area contributed by atoms with E-state index in [9.17, 15) is 22.0 Å². The van der Waals surface area contributed by atoms with Crippen LogP contribution in [0.1, 0.15) is 5.56 Å². The largest absolute Gasteiger partial charge is 0.435 e. The van der Waals surface area contributed by atoms with E-state index in [1.807, 2.05) is 0 Å². The van der Waals surface area contributed by atoms with Crippen molar-refractivity contribution in [2.24, 2.45) is 0 Å². The van der Waals surface area contributed by atoms with Gasteiger partial charge in [0.05, 0.1) is 5.56 Å². The number of halogens is 5. The summed E-state index contributed by atoms with van der Waals surface area (Å²) in [6, 6.07) is 15.4. The predicted octanol–water partition coefficient (Wildman–Crippen LogP) is 6.97. The van der Waals surface area contributed by atoms with E-state index in [4.69, 9.17) is 4.42 Å². The molecule has 0 bridgehead atoms. The average molecular weight is 401 g/mol. The number of nitrogens with zero attached hydrogens (tertiary/aromatic N) is 1. The highest BCUT2D eigenvalue weighted by atomic mass is 19.4. The van der Waals surface area contributed by atoms with Crippen LogP contribution in [-0.2, 0) is 6.18 Å². The molecule has 1 heterocycles. The number of rotatable bonds is 3. The van der Waals surface area contributed by atoms with Gasteiger partial charge in [-0.2, -0.15) is 13.2 Å². The second kappa shape index (κ2) is 7.16. The monoisotopic (exact) mass is 401 g/mol. The first kappa shape index (κ1) is 18.9. The number of alkyl halides is 3. The molecule has 0 aliphatic heterocycles. The maximum Gasteiger partial charge on any atom is 0.416 e. The number of hydrogen-bond donors (Lipinski definition) is 0. The molecule has 7 heteroatoms. The Morgan fingerprint density at radius 3 is 1.62 bits per heavy atom. The lowest BCUT2D eigenvalue weighted by Gasteiger charge is -2.06. The molecular weight excluding hydrogens is 389 g/mol. The Balaban J connectivity index is 1.83. The SMILES string of the molecule is Fc1ccc(-c2nc(-c3ccc(C(F)(F)F)cc3)oc2-c2ccc(F)cc2)cc1. The normalized spacial score (nSPS) is 11.6. The van der Waals surface area contributed by atoms with Crippen molar-refractivity contribution in [2.75, 3.05) is 0 Å². The summed E-state index contributed by atoms with van der Waals surface area (Å²) in [5, 5.41) is 0. The number of benzene rings is 3. The van der Waals surface area contributed by atoms with Crippen LogP contribution < -0.4 is 0 Å².